The van der Waals surface area contributed by atoms with Gasteiger partial charge in [-0.15, -0.1) is 11.6 Å². The molecule has 1 fully saturated rings. The first-order valence-corrected chi connectivity index (χ1v) is 9.36. The first-order chi connectivity index (χ1) is 12.8. The Hall–Kier alpha value is -1.51. The van der Waals surface area contributed by atoms with Gasteiger partial charge in [0.1, 0.15) is 23.8 Å². The zero-order valence-electron chi connectivity index (χ0n) is 16.0. The summed E-state index contributed by atoms with van der Waals surface area (Å²) in [7, 11) is 3.07. The minimum absolute atomic E-state index is 0.134. The van der Waals surface area contributed by atoms with Crippen molar-refractivity contribution in [2.45, 2.75) is 43.1 Å². The number of nitrogens with two attached hydrogens (primary N) is 1. The number of rotatable bonds is 8. The Balaban J connectivity index is 2.18. The highest BCUT2D eigenvalue weighted by Crippen LogP contribution is 2.30. The van der Waals surface area contributed by atoms with E-state index in [1.54, 1.807) is 38.3 Å². The molecule has 0 aliphatic carbocycles. The van der Waals surface area contributed by atoms with E-state index in [2.05, 4.69) is 5.32 Å². The zero-order chi connectivity index (χ0) is 20.0. The third-order valence-corrected chi connectivity index (χ3v) is 5.34. The Morgan fingerprint density at radius 2 is 1.96 bits per heavy atom. The lowest BCUT2D eigenvalue weighted by Gasteiger charge is -2.51. The third-order valence-electron chi connectivity index (χ3n) is 4.84. The number of ketones is 1. The molecule has 0 bridgehead atoms. The molecule has 1 amide bonds. The number of hydrogen-bond donors (Lipinski definition) is 2. The summed E-state index contributed by atoms with van der Waals surface area (Å²) < 4.78 is 11.2. The van der Waals surface area contributed by atoms with Gasteiger partial charge in [0.2, 0.25) is 0 Å². The van der Waals surface area contributed by atoms with Crippen LogP contribution in [0.3, 0.4) is 0 Å². The molecule has 7 nitrogen and oxygen atoms in total. The number of amides is 1. The smallest absolute Gasteiger partial charge is 0.252 e. The van der Waals surface area contributed by atoms with Gasteiger partial charge in [0.05, 0.1) is 5.38 Å². The molecule has 0 radical (unpaired) electrons. The van der Waals surface area contributed by atoms with Crippen molar-refractivity contribution in [2.24, 2.45) is 5.73 Å². The van der Waals surface area contributed by atoms with E-state index in [4.69, 9.17) is 26.8 Å². The van der Waals surface area contributed by atoms with E-state index >= 15 is 0 Å². The molecule has 4 unspecified atom stereocenters. The molecule has 1 aliphatic rings. The van der Waals surface area contributed by atoms with E-state index in [1.807, 2.05) is 11.0 Å². The fourth-order valence-corrected chi connectivity index (χ4v) is 3.76. The average molecular weight is 398 g/mol. The molecule has 27 heavy (non-hydrogen) atoms. The lowest BCUT2D eigenvalue weighted by Crippen LogP contribution is -2.78. The van der Waals surface area contributed by atoms with Crippen molar-refractivity contribution >= 4 is 23.3 Å². The van der Waals surface area contributed by atoms with Gasteiger partial charge in [-0.05, 0) is 25.5 Å². The van der Waals surface area contributed by atoms with Crippen LogP contribution in [0.5, 0.6) is 0 Å². The number of alkyl halides is 1. The number of piperidine rings is 1. The van der Waals surface area contributed by atoms with E-state index in [0.717, 1.165) is 0 Å². The molecular formula is C19H28ClN3O4. The Kier molecular flexibility index (Phi) is 7.76. The fraction of sp³-hybridized carbons (Fsp3) is 0.579. The van der Waals surface area contributed by atoms with E-state index < -0.39 is 23.4 Å². The monoisotopic (exact) mass is 397 g/mol. The van der Waals surface area contributed by atoms with Crippen LogP contribution in [0.15, 0.2) is 30.3 Å². The molecule has 0 aromatic heterocycles. The Labute approximate surface area is 165 Å². The van der Waals surface area contributed by atoms with Crippen LogP contribution in [0.2, 0.25) is 0 Å². The maximum atomic E-state index is 12.7. The Morgan fingerprint density at radius 1 is 1.30 bits per heavy atom. The summed E-state index contributed by atoms with van der Waals surface area (Å²) in [5.74, 6) is -0.194. The van der Waals surface area contributed by atoms with E-state index in [9.17, 15) is 9.59 Å². The van der Waals surface area contributed by atoms with Gasteiger partial charge < -0.3 is 25.3 Å². The van der Waals surface area contributed by atoms with Crippen molar-refractivity contribution < 1.29 is 19.1 Å². The number of nitrogens with zero attached hydrogens (tertiary/aromatic N) is 1. The van der Waals surface area contributed by atoms with Crippen LogP contribution in [0, 0.1) is 0 Å². The second-order valence-corrected chi connectivity index (χ2v) is 7.33. The van der Waals surface area contributed by atoms with Gasteiger partial charge >= 0.3 is 0 Å². The first kappa shape index (κ1) is 21.8. The fourth-order valence-electron chi connectivity index (χ4n) is 3.41. The van der Waals surface area contributed by atoms with Crippen LogP contribution in [-0.2, 0) is 14.3 Å². The average Bonchev–Trinajstić information content (AvgIpc) is 2.64. The highest BCUT2D eigenvalue weighted by atomic mass is 35.5. The molecule has 2 rings (SSSR count). The van der Waals surface area contributed by atoms with Crippen LogP contribution in [0.1, 0.15) is 30.1 Å². The number of likely N-dealkylation sites (tertiary alicyclic amines) is 1. The highest BCUT2D eigenvalue weighted by molar-refractivity contribution is 6.22. The number of methoxy groups -OCH3 is 2. The van der Waals surface area contributed by atoms with Crippen molar-refractivity contribution in [3.05, 3.63) is 35.9 Å². The van der Waals surface area contributed by atoms with Crippen LogP contribution in [-0.4, -0.2) is 67.3 Å². The number of hydrogen-bond acceptors (Lipinski definition) is 6. The SMILES string of the molecule is COC1C(OC)C(N)(NC(=O)c2ccccc2)C(Cl)CN1CCCC(C)=O. The van der Waals surface area contributed by atoms with Crippen LogP contribution in [0.4, 0.5) is 0 Å². The summed E-state index contributed by atoms with van der Waals surface area (Å²) in [4.78, 5) is 25.9. The predicted octanol–water partition coefficient (Wildman–Crippen LogP) is 1.35. The van der Waals surface area contributed by atoms with Crippen LogP contribution < -0.4 is 11.1 Å². The molecular weight excluding hydrogens is 370 g/mol. The molecule has 8 heteroatoms. The van der Waals surface area contributed by atoms with Crippen molar-refractivity contribution in [3.8, 4) is 0 Å². The summed E-state index contributed by atoms with van der Waals surface area (Å²) in [5, 5.41) is 2.23. The minimum atomic E-state index is -1.32. The molecule has 3 N–H and O–H groups in total. The molecule has 0 saturated carbocycles. The molecule has 1 saturated heterocycles. The molecule has 1 aromatic rings. The van der Waals surface area contributed by atoms with Crippen molar-refractivity contribution in [2.75, 3.05) is 27.3 Å². The highest BCUT2D eigenvalue weighted by Gasteiger charge is 2.53. The second kappa shape index (κ2) is 9.61. The number of ether oxygens (including phenoxy) is 2. The second-order valence-electron chi connectivity index (χ2n) is 6.80. The molecule has 1 aromatic carbocycles. The van der Waals surface area contributed by atoms with E-state index in [0.29, 0.717) is 31.5 Å². The third kappa shape index (κ3) is 5.06. The maximum absolute atomic E-state index is 12.7. The van der Waals surface area contributed by atoms with Crippen molar-refractivity contribution in [1.82, 2.24) is 10.2 Å². The number of carbonyl (C=O) groups is 2. The minimum Gasteiger partial charge on any atom is -0.373 e. The summed E-state index contributed by atoms with van der Waals surface area (Å²) in [6.45, 7) is 2.57. The lowest BCUT2D eigenvalue weighted by molar-refractivity contribution is -0.171. The van der Waals surface area contributed by atoms with E-state index in [1.165, 1.54) is 7.11 Å². The Bertz CT molecular complexity index is 645. The largest absolute Gasteiger partial charge is 0.373 e. The summed E-state index contributed by atoms with van der Waals surface area (Å²) in [5.41, 5.74) is 5.72. The predicted molar refractivity (Wildman–Crippen MR) is 104 cm³/mol. The van der Waals surface area contributed by atoms with Gasteiger partial charge in [0, 0.05) is 39.3 Å². The number of halogens is 1. The first-order valence-electron chi connectivity index (χ1n) is 8.93. The van der Waals surface area contributed by atoms with Crippen molar-refractivity contribution in [1.29, 1.82) is 0 Å². The number of benzene rings is 1. The number of Topliss-reactive ketones (excluding diaryl/α,β-unsaturated/α-hetero) is 1. The van der Waals surface area contributed by atoms with Gasteiger partial charge in [-0.1, -0.05) is 18.2 Å². The standard InChI is InChI=1S/C19H28ClN3O4/c1-13(24)8-7-11-23-12-15(20)19(21,16(26-2)18(23)27-3)22-17(25)14-9-5-4-6-10-14/h4-6,9-10,15-16,18H,7-8,11-12,21H2,1-3H3,(H,22,25). The summed E-state index contributed by atoms with van der Waals surface area (Å²) >= 11 is 6.60. The molecule has 150 valence electrons. The summed E-state index contributed by atoms with van der Waals surface area (Å²) in [6.07, 6.45) is -0.0269. The molecule has 0 spiro atoms. The topological polar surface area (TPSA) is 93.9 Å². The summed E-state index contributed by atoms with van der Waals surface area (Å²) in [6, 6.07) is 8.79. The van der Waals surface area contributed by atoms with E-state index in [-0.39, 0.29) is 11.7 Å². The number of carbonyl (C=O) groups excluding carboxylic acids is 2. The quantitative estimate of drug-likeness (QED) is 0.508. The lowest BCUT2D eigenvalue weighted by atomic mass is 9.91. The molecule has 1 heterocycles. The van der Waals surface area contributed by atoms with Gasteiger partial charge in [0.15, 0.2) is 0 Å². The molecule has 4 atom stereocenters. The normalized spacial score (nSPS) is 28.7. The van der Waals surface area contributed by atoms with Crippen molar-refractivity contribution in [3.63, 3.8) is 0 Å². The van der Waals surface area contributed by atoms with Crippen LogP contribution >= 0.6 is 11.6 Å². The maximum Gasteiger partial charge on any atom is 0.252 e. The van der Waals surface area contributed by atoms with Gasteiger partial charge in [-0.3, -0.25) is 9.69 Å². The zero-order valence-corrected chi connectivity index (χ0v) is 16.7. The van der Waals surface area contributed by atoms with Gasteiger partial charge in [-0.25, -0.2) is 0 Å². The molecule has 1 aliphatic heterocycles. The Morgan fingerprint density at radius 3 is 2.52 bits per heavy atom. The van der Waals surface area contributed by atoms with Crippen LogP contribution in [0.25, 0.3) is 0 Å². The number of nitrogens with one attached hydrogen (secondary N) is 1. The van der Waals surface area contributed by atoms with Gasteiger partial charge in [-0.2, -0.15) is 0 Å². The van der Waals surface area contributed by atoms with Gasteiger partial charge in [0.25, 0.3) is 5.91 Å².